The lowest BCUT2D eigenvalue weighted by Crippen LogP contribution is -2.49. The number of thiocarbonyl (C=S) groups is 1. The average molecular weight is 515 g/mol. The monoisotopic (exact) mass is 513 g/mol. The second-order valence-electron chi connectivity index (χ2n) is 5.62. The summed E-state index contributed by atoms with van der Waals surface area (Å²) in [5.41, 5.74) is 7.20. The lowest BCUT2D eigenvalue weighted by Gasteiger charge is -2.12. The quantitative estimate of drug-likeness (QED) is 0.429. The zero-order valence-corrected chi connectivity index (χ0v) is 18.5. The van der Waals surface area contributed by atoms with Crippen molar-refractivity contribution in [2.75, 3.05) is 6.61 Å². The van der Waals surface area contributed by atoms with Crippen molar-refractivity contribution in [3.63, 3.8) is 0 Å². The Kier molecular flexibility index (Phi) is 7.76. The predicted octanol–water partition coefficient (Wildman–Crippen LogP) is 3.54. The number of rotatable bonds is 4. The van der Waals surface area contributed by atoms with Crippen molar-refractivity contribution in [1.82, 2.24) is 16.2 Å². The molecule has 2 amide bonds. The van der Waals surface area contributed by atoms with Crippen molar-refractivity contribution in [3.8, 4) is 5.75 Å². The van der Waals surface area contributed by atoms with Crippen molar-refractivity contribution in [2.24, 2.45) is 0 Å². The SMILES string of the molecule is Cc1ccc(C(=O)NC(=S)NNC(=O)COc2ccc(Br)cc2C)cc1Br. The molecule has 0 unspecified atom stereocenters. The number of hydrazine groups is 1. The molecule has 3 N–H and O–H groups in total. The Bertz CT molecular complexity index is 890. The van der Waals surface area contributed by atoms with Gasteiger partial charge in [-0.2, -0.15) is 0 Å². The van der Waals surface area contributed by atoms with Crippen LogP contribution in [0.2, 0.25) is 0 Å². The van der Waals surface area contributed by atoms with E-state index in [9.17, 15) is 9.59 Å². The minimum Gasteiger partial charge on any atom is -0.483 e. The molecule has 27 heavy (non-hydrogen) atoms. The van der Waals surface area contributed by atoms with E-state index in [4.69, 9.17) is 17.0 Å². The van der Waals surface area contributed by atoms with Crippen molar-refractivity contribution in [3.05, 3.63) is 62.0 Å². The molecule has 0 bridgehead atoms. The highest BCUT2D eigenvalue weighted by Gasteiger charge is 2.10. The smallest absolute Gasteiger partial charge is 0.276 e. The zero-order valence-electron chi connectivity index (χ0n) is 14.6. The molecule has 2 aromatic rings. The summed E-state index contributed by atoms with van der Waals surface area (Å²) in [7, 11) is 0. The van der Waals surface area contributed by atoms with Gasteiger partial charge in [-0.3, -0.25) is 25.8 Å². The fraction of sp³-hybridized carbons (Fsp3) is 0.167. The van der Waals surface area contributed by atoms with Crippen LogP contribution in [0, 0.1) is 13.8 Å². The van der Waals surface area contributed by atoms with Crippen molar-refractivity contribution >= 4 is 61.0 Å². The molecule has 0 saturated heterocycles. The third-order valence-corrected chi connectivity index (χ3v) is 5.02. The van der Waals surface area contributed by atoms with Crippen molar-refractivity contribution in [1.29, 1.82) is 0 Å². The molecule has 0 spiro atoms. The lowest BCUT2D eigenvalue weighted by molar-refractivity contribution is -0.123. The maximum Gasteiger partial charge on any atom is 0.276 e. The first-order valence-electron chi connectivity index (χ1n) is 7.81. The summed E-state index contributed by atoms with van der Waals surface area (Å²) in [5.74, 6) is -0.217. The van der Waals surface area contributed by atoms with Gasteiger partial charge < -0.3 is 4.74 Å². The van der Waals surface area contributed by atoms with E-state index < -0.39 is 5.91 Å². The van der Waals surface area contributed by atoms with E-state index in [1.807, 2.05) is 32.0 Å². The molecular formula is C18H17Br2N3O3S. The minimum absolute atomic E-state index is 0.0233. The van der Waals surface area contributed by atoms with Gasteiger partial charge in [-0.15, -0.1) is 0 Å². The maximum atomic E-state index is 12.1. The van der Waals surface area contributed by atoms with Crippen LogP contribution < -0.4 is 20.9 Å². The first-order chi connectivity index (χ1) is 12.8. The number of aryl methyl sites for hydroxylation is 2. The van der Waals surface area contributed by atoms with Gasteiger partial charge in [-0.1, -0.05) is 37.9 Å². The molecule has 0 fully saturated rings. The maximum absolute atomic E-state index is 12.1. The molecule has 0 saturated carbocycles. The fourth-order valence-corrected chi connectivity index (χ4v) is 3.02. The van der Waals surface area contributed by atoms with Crippen LogP contribution in [-0.2, 0) is 4.79 Å². The first kappa shape index (κ1) is 21.3. The molecule has 6 nitrogen and oxygen atoms in total. The molecule has 0 aliphatic heterocycles. The van der Waals surface area contributed by atoms with Gasteiger partial charge in [-0.25, -0.2) is 0 Å². The molecule has 0 heterocycles. The minimum atomic E-state index is -0.438. The van der Waals surface area contributed by atoms with Crippen LogP contribution in [0.25, 0.3) is 0 Å². The summed E-state index contributed by atoms with van der Waals surface area (Å²) in [5, 5.41) is 2.46. The van der Waals surface area contributed by atoms with Crippen LogP contribution in [0.5, 0.6) is 5.75 Å². The summed E-state index contributed by atoms with van der Waals surface area (Å²) >= 11 is 11.7. The number of hydrogen-bond donors (Lipinski definition) is 3. The second-order valence-corrected chi connectivity index (χ2v) is 7.80. The molecule has 9 heteroatoms. The lowest BCUT2D eigenvalue weighted by atomic mass is 10.1. The standard InChI is InChI=1S/C18H17Br2N3O3S/c1-10-3-4-12(8-14(10)20)17(25)21-18(27)23-22-16(24)9-26-15-6-5-13(19)7-11(15)2/h3-8H,9H2,1-2H3,(H,22,24)(H2,21,23,25,27). The van der Waals surface area contributed by atoms with Gasteiger partial charge in [0.25, 0.3) is 11.8 Å². The number of ether oxygens (including phenoxy) is 1. The van der Waals surface area contributed by atoms with Gasteiger partial charge in [0.05, 0.1) is 0 Å². The Labute approximate surface area is 179 Å². The highest BCUT2D eigenvalue weighted by Crippen LogP contribution is 2.22. The zero-order chi connectivity index (χ0) is 20.0. The first-order valence-corrected chi connectivity index (χ1v) is 9.81. The molecular weight excluding hydrogens is 498 g/mol. The van der Waals surface area contributed by atoms with E-state index in [0.717, 1.165) is 20.1 Å². The summed E-state index contributed by atoms with van der Waals surface area (Å²) in [6, 6.07) is 10.7. The van der Waals surface area contributed by atoms with Crippen LogP contribution >= 0.6 is 44.1 Å². The Morgan fingerprint density at radius 2 is 1.78 bits per heavy atom. The van der Waals surface area contributed by atoms with Gasteiger partial charge in [0.2, 0.25) is 0 Å². The van der Waals surface area contributed by atoms with E-state index in [0.29, 0.717) is 11.3 Å². The van der Waals surface area contributed by atoms with E-state index in [1.165, 1.54) is 0 Å². The van der Waals surface area contributed by atoms with Crippen LogP contribution in [0.4, 0.5) is 0 Å². The number of hydrogen-bond acceptors (Lipinski definition) is 4. The van der Waals surface area contributed by atoms with Crippen LogP contribution in [-0.4, -0.2) is 23.5 Å². The third kappa shape index (κ3) is 6.60. The molecule has 142 valence electrons. The summed E-state index contributed by atoms with van der Waals surface area (Å²) in [6.45, 7) is 3.60. The normalized spacial score (nSPS) is 10.1. The number of carbonyl (C=O) groups excluding carboxylic acids is 2. The van der Waals surface area contributed by atoms with Crippen molar-refractivity contribution in [2.45, 2.75) is 13.8 Å². The van der Waals surface area contributed by atoms with Gasteiger partial charge >= 0.3 is 0 Å². The highest BCUT2D eigenvalue weighted by atomic mass is 79.9. The number of benzene rings is 2. The van der Waals surface area contributed by atoms with Crippen LogP contribution in [0.1, 0.15) is 21.5 Å². The molecule has 2 aromatic carbocycles. The molecule has 0 aliphatic carbocycles. The number of amides is 2. The molecule has 0 atom stereocenters. The Hall–Kier alpha value is -1.97. The van der Waals surface area contributed by atoms with E-state index in [1.54, 1.807) is 18.2 Å². The topological polar surface area (TPSA) is 79.5 Å². The second kappa shape index (κ2) is 9.82. The predicted molar refractivity (Wildman–Crippen MR) is 115 cm³/mol. The average Bonchev–Trinajstić information content (AvgIpc) is 2.61. The number of nitrogens with one attached hydrogen (secondary N) is 3. The Balaban J connectivity index is 1.78. The van der Waals surface area contributed by atoms with E-state index >= 15 is 0 Å². The van der Waals surface area contributed by atoms with Gasteiger partial charge in [0.15, 0.2) is 11.7 Å². The van der Waals surface area contributed by atoms with Gasteiger partial charge in [0, 0.05) is 14.5 Å². The van der Waals surface area contributed by atoms with Gasteiger partial charge in [0.1, 0.15) is 5.75 Å². The summed E-state index contributed by atoms with van der Waals surface area (Å²) in [6.07, 6.45) is 0. The molecule has 0 aromatic heterocycles. The third-order valence-electron chi connectivity index (χ3n) is 3.47. The Morgan fingerprint density at radius 1 is 1.04 bits per heavy atom. The van der Waals surface area contributed by atoms with E-state index in [-0.39, 0.29) is 17.6 Å². The largest absolute Gasteiger partial charge is 0.483 e. The molecule has 2 rings (SSSR count). The summed E-state index contributed by atoms with van der Waals surface area (Å²) in [4.78, 5) is 24.0. The Morgan fingerprint density at radius 3 is 2.44 bits per heavy atom. The number of carbonyl (C=O) groups is 2. The highest BCUT2D eigenvalue weighted by molar-refractivity contribution is 9.10. The van der Waals surface area contributed by atoms with E-state index in [2.05, 4.69) is 48.0 Å². The molecule has 0 aliphatic rings. The number of halogens is 2. The van der Waals surface area contributed by atoms with Crippen molar-refractivity contribution < 1.29 is 14.3 Å². The molecule has 0 radical (unpaired) electrons. The van der Waals surface area contributed by atoms with Crippen LogP contribution in [0.3, 0.4) is 0 Å². The van der Waals surface area contributed by atoms with Crippen LogP contribution in [0.15, 0.2) is 45.3 Å². The summed E-state index contributed by atoms with van der Waals surface area (Å²) < 4.78 is 7.20. The fourth-order valence-electron chi connectivity index (χ4n) is 2.02. The van der Waals surface area contributed by atoms with Gasteiger partial charge in [-0.05, 0) is 67.5 Å².